The van der Waals surface area contributed by atoms with Crippen LogP contribution < -0.4 is 24.3 Å². The van der Waals surface area contributed by atoms with Gasteiger partial charge in [0, 0.05) is 0 Å². The van der Waals surface area contributed by atoms with E-state index in [2.05, 4.69) is 10.1 Å². The van der Waals surface area contributed by atoms with Gasteiger partial charge in [0.1, 0.15) is 0 Å². The molecule has 1 N–H and O–H groups in total. The van der Waals surface area contributed by atoms with Crippen LogP contribution in [0.4, 0.5) is 13.2 Å². The summed E-state index contributed by atoms with van der Waals surface area (Å²) in [6.45, 7) is 2.10. The number of hydrogen-bond donors (Lipinski definition) is 1. The quantitative estimate of drug-likeness (QED) is 0.719. The van der Waals surface area contributed by atoms with Crippen LogP contribution in [0.15, 0.2) is 36.4 Å². The van der Waals surface area contributed by atoms with E-state index in [1.165, 1.54) is 20.3 Å². The zero-order chi connectivity index (χ0) is 20.9. The fraction of sp³-hybridized carbons (Fsp3) is 0.429. The van der Waals surface area contributed by atoms with Gasteiger partial charge in [-0.1, -0.05) is 12.1 Å². The minimum absolute atomic E-state index is 0.0631. The molecule has 8 heteroatoms. The molecule has 1 aliphatic heterocycles. The highest BCUT2D eigenvalue weighted by Gasteiger charge is 2.32. The summed E-state index contributed by atoms with van der Waals surface area (Å²) in [6.07, 6.45) is -2.95. The number of methoxy groups -OCH3 is 2. The van der Waals surface area contributed by atoms with Crippen molar-refractivity contribution in [1.29, 1.82) is 0 Å². The van der Waals surface area contributed by atoms with Gasteiger partial charge in [0.2, 0.25) is 0 Å². The molecule has 0 aromatic heterocycles. The number of ether oxygens (including phenoxy) is 4. The molecule has 0 amide bonds. The molecule has 0 aliphatic carbocycles. The lowest BCUT2D eigenvalue weighted by Gasteiger charge is -2.23. The predicted octanol–water partition coefficient (Wildman–Crippen LogP) is 4.65. The van der Waals surface area contributed by atoms with Gasteiger partial charge in [-0.05, 0) is 67.2 Å². The molecule has 1 saturated heterocycles. The standard InChI is InChI=1S/C21H24F3NO4/c1-26-17-5-3-15(11-19(17)27-2)16-4-6-18(29-21(22,23)24)20(12-16)28-13-14-7-9-25-10-8-14/h3-6,11-12,14,25H,7-10,13H2,1-2H3. The minimum Gasteiger partial charge on any atom is -0.493 e. The molecule has 1 aliphatic rings. The molecule has 0 atom stereocenters. The van der Waals surface area contributed by atoms with Gasteiger partial charge in [-0.3, -0.25) is 0 Å². The van der Waals surface area contributed by atoms with Crippen molar-refractivity contribution in [2.24, 2.45) is 5.92 Å². The van der Waals surface area contributed by atoms with E-state index < -0.39 is 6.36 Å². The van der Waals surface area contributed by atoms with Crippen molar-refractivity contribution in [2.45, 2.75) is 19.2 Å². The van der Waals surface area contributed by atoms with Crippen LogP contribution in [0, 0.1) is 5.92 Å². The molecular formula is C21H24F3NO4. The molecule has 158 valence electrons. The third-order valence-electron chi connectivity index (χ3n) is 4.82. The Morgan fingerprint density at radius 2 is 1.45 bits per heavy atom. The van der Waals surface area contributed by atoms with Crippen LogP contribution in [0.1, 0.15) is 12.8 Å². The van der Waals surface area contributed by atoms with Crippen LogP contribution in [0.5, 0.6) is 23.0 Å². The highest BCUT2D eigenvalue weighted by atomic mass is 19.4. The van der Waals surface area contributed by atoms with Crippen LogP contribution in [0.3, 0.4) is 0 Å². The van der Waals surface area contributed by atoms with Crippen molar-refractivity contribution in [3.63, 3.8) is 0 Å². The van der Waals surface area contributed by atoms with E-state index in [1.807, 2.05) is 0 Å². The smallest absolute Gasteiger partial charge is 0.493 e. The normalized spacial score (nSPS) is 15.1. The summed E-state index contributed by atoms with van der Waals surface area (Å²) < 4.78 is 58.9. The second-order valence-electron chi connectivity index (χ2n) is 6.78. The molecule has 0 bridgehead atoms. The SMILES string of the molecule is COc1ccc(-c2ccc(OC(F)(F)F)c(OCC3CCNCC3)c2)cc1OC. The predicted molar refractivity (Wildman–Crippen MR) is 103 cm³/mol. The summed E-state index contributed by atoms with van der Waals surface area (Å²) in [7, 11) is 3.06. The summed E-state index contributed by atoms with van der Waals surface area (Å²) in [4.78, 5) is 0. The largest absolute Gasteiger partial charge is 0.573 e. The molecule has 29 heavy (non-hydrogen) atoms. The van der Waals surface area contributed by atoms with E-state index in [0.717, 1.165) is 31.5 Å². The molecule has 5 nitrogen and oxygen atoms in total. The number of benzene rings is 2. The highest BCUT2D eigenvalue weighted by Crippen LogP contribution is 2.38. The first-order chi connectivity index (χ1) is 13.9. The maximum atomic E-state index is 12.8. The van der Waals surface area contributed by atoms with Gasteiger partial charge >= 0.3 is 6.36 Å². The van der Waals surface area contributed by atoms with Crippen LogP contribution >= 0.6 is 0 Å². The number of hydrogen-bond acceptors (Lipinski definition) is 5. The average molecular weight is 411 g/mol. The number of nitrogens with one attached hydrogen (secondary N) is 1. The van der Waals surface area contributed by atoms with Crippen LogP contribution in [0.2, 0.25) is 0 Å². The third-order valence-corrected chi connectivity index (χ3v) is 4.82. The summed E-state index contributed by atoms with van der Waals surface area (Å²) in [6, 6.07) is 9.69. The summed E-state index contributed by atoms with van der Waals surface area (Å²) in [5.74, 6) is 1.09. The first-order valence-electron chi connectivity index (χ1n) is 9.35. The Balaban J connectivity index is 1.88. The van der Waals surface area contributed by atoms with E-state index in [4.69, 9.17) is 14.2 Å². The zero-order valence-corrected chi connectivity index (χ0v) is 16.3. The second kappa shape index (κ2) is 9.26. The van der Waals surface area contributed by atoms with Gasteiger partial charge in [-0.25, -0.2) is 0 Å². The van der Waals surface area contributed by atoms with E-state index in [1.54, 1.807) is 30.3 Å². The minimum atomic E-state index is -4.79. The molecular weight excluding hydrogens is 387 g/mol. The Bertz CT molecular complexity index is 820. The van der Waals surface area contributed by atoms with Crippen molar-refractivity contribution >= 4 is 0 Å². The molecule has 0 spiro atoms. The lowest BCUT2D eigenvalue weighted by atomic mass is 9.99. The Morgan fingerprint density at radius 1 is 0.862 bits per heavy atom. The number of halogens is 3. The Morgan fingerprint density at radius 3 is 2.03 bits per heavy atom. The second-order valence-corrected chi connectivity index (χ2v) is 6.78. The Labute approximate surface area is 167 Å². The molecule has 1 fully saturated rings. The van der Waals surface area contributed by atoms with Crippen LogP contribution in [0.25, 0.3) is 11.1 Å². The lowest BCUT2D eigenvalue weighted by molar-refractivity contribution is -0.275. The number of alkyl halides is 3. The maximum absolute atomic E-state index is 12.8. The lowest BCUT2D eigenvalue weighted by Crippen LogP contribution is -2.30. The number of rotatable bonds is 7. The summed E-state index contributed by atoms with van der Waals surface area (Å²) in [5.41, 5.74) is 1.44. The van der Waals surface area contributed by atoms with E-state index in [0.29, 0.717) is 29.6 Å². The van der Waals surface area contributed by atoms with Gasteiger partial charge < -0.3 is 24.3 Å². The first kappa shape index (κ1) is 21.1. The van der Waals surface area contributed by atoms with Crippen molar-refractivity contribution in [3.8, 4) is 34.1 Å². The van der Waals surface area contributed by atoms with E-state index >= 15 is 0 Å². The highest BCUT2D eigenvalue weighted by molar-refractivity contribution is 5.70. The van der Waals surface area contributed by atoms with Gasteiger partial charge in [-0.15, -0.1) is 13.2 Å². The maximum Gasteiger partial charge on any atom is 0.573 e. The third kappa shape index (κ3) is 5.69. The Hall–Kier alpha value is -2.61. The number of piperidine rings is 1. The van der Waals surface area contributed by atoms with Crippen LogP contribution in [-0.2, 0) is 0 Å². The monoisotopic (exact) mass is 411 g/mol. The molecule has 2 aromatic rings. The van der Waals surface area contributed by atoms with E-state index in [-0.39, 0.29) is 11.5 Å². The molecule has 2 aromatic carbocycles. The van der Waals surface area contributed by atoms with E-state index in [9.17, 15) is 13.2 Å². The molecule has 0 radical (unpaired) electrons. The fourth-order valence-electron chi connectivity index (χ4n) is 3.28. The summed E-state index contributed by atoms with van der Waals surface area (Å²) in [5, 5.41) is 3.25. The van der Waals surface area contributed by atoms with Crippen molar-refractivity contribution in [3.05, 3.63) is 36.4 Å². The average Bonchev–Trinajstić information content (AvgIpc) is 2.72. The zero-order valence-electron chi connectivity index (χ0n) is 16.3. The molecule has 0 saturated carbocycles. The van der Waals surface area contributed by atoms with Crippen LogP contribution in [-0.4, -0.2) is 40.3 Å². The Kier molecular flexibility index (Phi) is 6.74. The molecule has 0 unspecified atom stereocenters. The molecule has 1 heterocycles. The van der Waals surface area contributed by atoms with Crippen molar-refractivity contribution in [1.82, 2.24) is 5.32 Å². The van der Waals surface area contributed by atoms with Gasteiger partial charge in [0.05, 0.1) is 20.8 Å². The summed E-state index contributed by atoms with van der Waals surface area (Å²) >= 11 is 0. The van der Waals surface area contributed by atoms with Gasteiger partial charge in [-0.2, -0.15) is 0 Å². The topological polar surface area (TPSA) is 49.0 Å². The van der Waals surface area contributed by atoms with Crippen molar-refractivity contribution in [2.75, 3.05) is 33.9 Å². The first-order valence-corrected chi connectivity index (χ1v) is 9.35. The fourth-order valence-corrected chi connectivity index (χ4v) is 3.28. The van der Waals surface area contributed by atoms with Gasteiger partial charge in [0.25, 0.3) is 0 Å². The molecule has 3 rings (SSSR count). The van der Waals surface area contributed by atoms with Gasteiger partial charge in [0.15, 0.2) is 23.0 Å². The van der Waals surface area contributed by atoms with Crippen molar-refractivity contribution < 1.29 is 32.1 Å².